The van der Waals surface area contributed by atoms with E-state index < -0.39 is 0 Å². The number of benzene rings is 2. The molecule has 0 radical (unpaired) electrons. The molecule has 114 valence electrons. The van der Waals surface area contributed by atoms with Crippen LogP contribution in [0.5, 0.6) is 0 Å². The molecule has 1 N–H and O–H groups in total. The van der Waals surface area contributed by atoms with E-state index in [1.54, 1.807) is 0 Å². The lowest BCUT2D eigenvalue weighted by Gasteiger charge is -2.11. The number of nitrogens with zero attached hydrogens (tertiary/aromatic N) is 1. The molecular weight excluding hydrogens is 280 g/mol. The van der Waals surface area contributed by atoms with Crippen LogP contribution in [-0.4, -0.2) is 4.98 Å². The Morgan fingerprint density at radius 1 is 0.652 bits per heavy atom. The monoisotopic (exact) mass is 300 g/mol. The zero-order valence-corrected chi connectivity index (χ0v) is 13.1. The molecule has 0 saturated heterocycles. The van der Waals surface area contributed by atoms with Crippen LogP contribution >= 0.6 is 0 Å². The predicted molar refractivity (Wildman–Crippen MR) is 95.2 cm³/mol. The SMILES string of the molecule is c1cc2cc(c1)CCc1ccnc(c1)Nc1cccc(c1)CC2. The number of hydrogen-bond acceptors (Lipinski definition) is 2. The Morgan fingerprint density at radius 2 is 1.26 bits per heavy atom. The van der Waals surface area contributed by atoms with Gasteiger partial charge in [-0.05, 0) is 72.2 Å². The minimum atomic E-state index is 0.922. The number of anilines is 2. The second-order valence-electron chi connectivity index (χ2n) is 6.19. The zero-order chi connectivity index (χ0) is 15.5. The van der Waals surface area contributed by atoms with E-state index in [0.717, 1.165) is 37.2 Å². The summed E-state index contributed by atoms with van der Waals surface area (Å²) < 4.78 is 0. The second kappa shape index (κ2) is 6.25. The molecule has 0 spiro atoms. The Kier molecular flexibility index (Phi) is 3.81. The maximum absolute atomic E-state index is 4.45. The van der Waals surface area contributed by atoms with Gasteiger partial charge in [0.15, 0.2) is 0 Å². The van der Waals surface area contributed by atoms with Gasteiger partial charge in [0, 0.05) is 11.9 Å². The van der Waals surface area contributed by atoms with Crippen molar-refractivity contribution >= 4 is 11.5 Å². The normalized spacial score (nSPS) is 13.7. The first-order chi connectivity index (χ1) is 11.3. The average Bonchev–Trinajstić information content (AvgIpc) is 2.59. The summed E-state index contributed by atoms with van der Waals surface area (Å²) in [7, 11) is 0. The van der Waals surface area contributed by atoms with Gasteiger partial charge in [0.2, 0.25) is 0 Å². The highest BCUT2D eigenvalue weighted by atomic mass is 15.0. The van der Waals surface area contributed by atoms with Gasteiger partial charge < -0.3 is 5.32 Å². The lowest BCUT2D eigenvalue weighted by molar-refractivity contribution is 0.927. The predicted octanol–water partition coefficient (Wildman–Crippen LogP) is 4.71. The lowest BCUT2D eigenvalue weighted by atomic mass is 9.99. The fourth-order valence-electron chi connectivity index (χ4n) is 3.17. The maximum atomic E-state index is 4.45. The minimum absolute atomic E-state index is 0.922. The molecule has 2 nitrogen and oxygen atoms in total. The summed E-state index contributed by atoms with van der Waals surface area (Å²) >= 11 is 0. The van der Waals surface area contributed by atoms with Crippen LogP contribution in [0.4, 0.5) is 11.5 Å². The number of fused-ring (bicyclic) bond motifs is 6. The topological polar surface area (TPSA) is 24.9 Å². The average molecular weight is 300 g/mol. The van der Waals surface area contributed by atoms with Gasteiger partial charge in [0.05, 0.1) is 0 Å². The number of pyridine rings is 1. The molecule has 1 aliphatic rings. The van der Waals surface area contributed by atoms with Crippen LogP contribution in [0.15, 0.2) is 66.9 Å². The maximum Gasteiger partial charge on any atom is 0.130 e. The highest BCUT2D eigenvalue weighted by molar-refractivity contribution is 5.57. The van der Waals surface area contributed by atoms with Gasteiger partial charge in [-0.1, -0.05) is 36.4 Å². The highest BCUT2D eigenvalue weighted by Gasteiger charge is 2.04. The number of aromatic nitrogens is 1. The Bertz CT molecular complexity index is 759. The fraction of sp³-hybridized carbons (Fsp3) is 0.190. The Labute approximate surface area is 137 Å². The van der Waals surface area contributed by atoms with Crippen molar-refractivity contribution in [3.63, 3.8) is 0 Å². The van der Waals surface area contributed by atoms with Gasteiger partial charge in [0.1, 0.15) is 5.82 Å². The summed E-state index contributed by atoms with van der Waals surface area (Å²) in [6.45, 7) is 0. The van der Waals surface area contributed by atoms with E-state index >= 15 is 0 Å². The van der Waals surface area contributed by atoms with E-state index in [9.17, 15) is 0 Å². The standard InChI is InChI=1S/C21H20N2/c1-3-16-7-9-18-5-2-6-20(14-18)23-21-15-19(11-12-22-21)10-8-17(4-1)13-16/h1-6,11-15H,7-10H2,(H,22,23). The van der Waals surface area contributed by atoms with E-state index in [1.807, 2.05) is 6.20 Å². The molecule has 4 rings (SSSR count). The molecule has 2 aromatic carbocycles. The third kappa shape index (κ3) is 3.42. The molecule has 2 heteroatoms. The molecule has 1 aliphatic heterocycles. The van der Waals surface area contributed by atoms with Crippen LogP contribution in [0, 0.1) is 0 Å². The molecule has 0 fully saturated rings. The van der Waals surface area contributed by atoms with E-state index in [4.69, 9.17) is 0 Å². The molecule has 0 aliphatic carbocycles. The third-order valence-electron chi connectivity index (χ3n) is 4.42. The molecule has 1 aromatic heterocycles. The second-order valence-corrected chi connectivity index (χ2v) is 6.19. The first kappa shape index (κ1) is 14.0. The van der Waals surface area contributed by atoms with Gasteiger partial charge in [-0.2, -0.15) is 0 Å². The van der Waals surface area contributed by atoms with Crippen molar-refractivity contribution in [1.29, 1.82) is 0 Å². The first-order valence-electron chi connectivity index (χ1n) is 8.24. The summed E-state index contributed by atoms with van der Waals surface area (Å²) in [6.07, 6.45) is 6.15. The number of rotatable bonds is 0. The summed E-state index contributed by atoms with van der Waals surface area (Å²) in [4.78, 5) is 4.45. The number of aryl methyl sites for hydroxylation is 4. The quantitative estimate of drug-likeness (QED) is 0.650. The zero-order valence-electron chi connectivity index (χ0n) is 13.1. The van der Waals surface area contributed by atoms with Gasteiger partial charge in [-0.15, -0.1) is 0 Å². The van der Waals surface area contributed by atoms with Crippen LogP contribution in [0.25, 0.3) is 0 Å². The van der Waals surface area contributed by atoms with Gasteiger partial charge in [0.25, 0.3) is 0 Å². The van der Waals surface area contributed by atoms with Crippen LogP contribution in [0.3, 0.4) is 0 Å². The van der Waals surface area contributed by atoms with Crippen molar-refractivity contribution in [2.24, 2.45) is 0 Å². The van der Waals surface area contributed by atoms with Crippen LogP contribution in [0.1, 0.15) is 22.3 Å². The largest absolute Gasteiger partial charge is 0.340 e. The molecule has 0 unspecified atom stereocenters. The summed E-state index contributed by atoms with van der Waals surface area (Å²) in [5.74, 6) is 0.922. The van der Waals surface area contributed by atoms with Crippen molar-refractivity contribution in [1.82, 2.24) is 4.98 Å². The van der Waals surface area contributed by atoms with Crippen LogP contribution in [-0.2, 0) is 25.7 Å². The Morgan fingerprint density at radius 3 is 2.00 bits per heavy atom. The van der Waals surface area contributed by atoms with Crippen LogP contribution < -0.4 is 5.32 Å². The molecular formula is C21H20N2. The van der Waals surface area contributed by atoms with Crippen molar-refractivity contribution in [2.45, 2.75) is 25.7 Å². The first-order valence-corrected chi connectivity index (χ1v) is 8.24. The number of nitrogens with one attached hydrogen (secondary N) is 1. The summed E-state index contributed by atoms with van der Waals surface area (Å²) in [5, 5.41) is 3.43. The van der Waals surface area contributed by atoms with Gasteiger partial charge in [-0.25, -0.2) is 4.98 Å². The summed E-state index contributed by atoms with van der Waals surface area (Å²) in [5.41, 5.74) is 6.63. The lowest BCUT2D eigenvalue weighted by Crippen LogP contribution is -2.00. The molecule has 0 saturated carbocycles. The molecule has 0 amide bonds. The molecule has 2 heterocycles. The minimum Gasteiger partial charge on any atom is -0.340 e. The molecule has 6 bridgehead atoms. The van der Waals surface area contributed by atoms with E-state index in [1.165, 1.54) is 22.3 Å². The highest BCUT2D eigenvalue weighted by Crippen LogP contribution is 2.20. The molecule has 3 aromatic rings. The van der Waals surface area contributed by atoms with Crippen molar-refractivity contribution in [2.75, 3.05) is 5.32 Å². The van der Waals surface area contributed by atoms with E-state index in [-0.39, 0.29) is 0 Å². The summed E-state index contributed by atoms with van der Waals surface area (Å²) in [6, 6.07) is 21.9. The number of hydrogen-bond donors (Lipinski definition) is 1. The van der Waals surface area contributed by atoms with Crippen molar-refractivity contribution in [3.8, 4) is 0 Å². The van der Waals surface area contributed by atoms with Crippen LogP contribution in [0.2, 0.25) is 0 Å². The van der Waals surface area contributed by atoms with Crippen molar-refractivity contribution < 1.29 is 0 Å². The Balaban J connectivity index is 1.74. The van der Waals surface area contributed by atoms with E-state index in [2.05, 4.69) is 71.0 Å². The smallest absolute Gasteiger partial charge is 0.130 e. The van der Waals surface area contributed by atoms with Gasteiger partial charge >= 0.3 is 0 Å². The molecule has 23 heavy (non-hydrogen) atoms. The third-order valence-corrected chi connectivity index (χ3v) is 4.42. The Hall–Kier alpha value is -2.61. The van der Waals surface area contributed by atoms with E-state index in [0.29, 0.717) is 0 Å². The van der Waals surface area contributed by atoms with Crippen molar-refractivity contribution in [3.05, 3.63) is 89.1 Å². The molecule has 0 atom stereocenters. The fourth-order valence-corrected chi connectivity index (χ4v) is 3.17. The van der Waals surface area contributed by atoms with Gasteiger partial charge in [-0.3, -0.25) is 0 Å².